The maximum atomic E-state index is 12.4. The van der Waals surface area contributed by atoms with Crippen molar-refractivity contribution in [3.63, 3.8) is 0 Å². The Balaban J connectivity index is 1.75. The molecule has 8 heteroatoms. The Bertz CT molecular complexity index is 962. The molecule has 1 heterocycles. The van der Waals surface area contributed by atoms with E-state index in [4.69, 9.17) is 0 Å². The largest absolute Gasteiger partial charge is 0.345 e. The van der Waals surface area contributed by atoms with Crippen molar-refractivity contribution in [1.29, 1.82) is 0 Å². The van der Waals surface area contributed by atoms with Crippen LogP contribution in [0.5, 0.6) is 0 Å². The lowest BCUT2D eigenvalue weighted by Gasteiger charge is -2.10. The summed E-state index contributed by atoms with van der Waals surface area (Å²) in [5.41, 5.74) is 2.20. The van der Waals surface area contributed by atoms with Gasteiger partial charge in [0.1, 0.15) is 5.82 Å². The molecule has 0 saturated carbocycles. The fourth-order valence-electron chi connectivity index (χ4n) is 2.32. The number of fused-ring (bicyclic) bond motifs is 1. The van der Waals surface area contributed by atoms with Gasteiger partial charge < -0.3 is 10.3 Å². The average molecular weight is 344 g/mol. The van der Waals surface area contributed by atoms with Gasteiger partial charge in [-0.3, -0.25) is 9.52 Å². The normalized spacial score (nSPS) is 11.4. The van der Waals surface area contributed by atoms with E-state index in [0.29, 0.717) is 5.82 Å². The average Bonchev–Trinajstić information content (AvgIpc) is 2.94. The molecule has 3 N–H and O–H groups in total. The van der Waals surface area contributed by atoms with Gasteiger partial charge in [0.05, 0.1) is 35.1 Å². The van der Waals surface area contributed by atoms with Gasteiger partial charge in [-0.05, 0) is 24.3 Å². The van der Waals surface area contributed by atoms with Gasteiger partial charge in [0, 0.05) is 0 Å². The number of hydrogen-bond acceptors (Lipinski definition) is 4. The summed E-state index contributed by atoms with van der Waals surface area (Å²) in [4.78, 5) is 19.8. The van der Waals surface area contributed by atoms with E-state index in [1.54, 1.807) is 18.2 Å². The lowest BCUT2D eigenvalue weighted by molar-refractivity contribution is 0.0951. The number of sulfonamides is 1. The number of imidazole rings is 1. The summed E-state index contributed by atoms with van der Waals surface area (Å²) in [6.07, 6.45) is 1.04. The number of carbonyl (C=O) groups is 1. The number of carbonyl (C=O) groups excluding carboxylic acids is 1. The molecule has 0 bridgehead atoms. The number of para-hydroxylation sites is 3. The van der Waals surface area contributed by atoms with Gasteiger partial charge in [-0.1, -0.05) is 24.3 Å². The third-order valence-corrected chi connectivity index (χ3v) is 3.91. The van der Waals surface area contributed by atoms with E-state index in [1.165, 1.54) is 6.07 Å². The molecule has 24 heavy (non-hydrogen) atoms. The second-order valence-corrected chi connectivity index (χ2v) is 7.05. The van der Waals surface area contributed by atoms with Crippen molar-refractivity contribution in [3.8, 4) is 0 Å². The monoisotopic (exact) mass is 344 g/mol. The molecule has 0 aliphatic heterocycles. The Morgan fingerprint density at radius 2 is 1.83 bits per heavy atom. The second kappa shape index (κ2) is 6.32. The maximum Gasteiger partial charge on any atom is 0.253 e. The molecule has 0 radical (unpaired) electrons. The first-order chi connectivity index (χ1) is 11.4. The minimum absolute atomic E-state index is 0.209. The van der Waals surface area contributed by atoms with Gasteiger partial charge in [0.15, 0.2) is 0 Å². The summed E-state index contributed by atoms with van der Waals surface area (Å²) in [5.74, 6) is 0.236. The highest BCUT2D eigenvalue weighted by Crippen LogP contribution is 2.16. The van der Waals surface area contributed by atoms with Gasteiger partial charge in [-0.2, -0.15) is 0 Å². The Morgan fingerprint density at radius 3 is 2.58 bits per heavy atom. The van der Waals surface area contributed by atoms with E-state index in [9.17, 15) is 13.2 Å². The molecule has 1 aromatic heterocycles. The van der Waals surface area contributed by atoms with Crippen molar-refractivity contribution >= 4 is 32.7 Å². The minimum Gasteiger partial charge on any atom is -0.345 e. The van der Waals surface area contributed by atoms with Crippen molar-refractivity contribution in [3.05, 3.63) is 59.9 Å². The van der Waals surface area contributed by atoms with Crippen LogP contribution in [0.15, 0.2) is 48.5 Å². The van der Waals surface area contributed by atoms with E-state index < -0.39 is 10.0 Å². The van der Waals surface area contributed by atoms with Crippen molar-refractivity contribution in [2.24, 2.45) is 0 Å². The minimum atomic E-state index is -3.47. The smallest absolute Gasteiger partial charge is 0.253 e. The van der Waals surface area contributed by atoms with Gasteiger partial charge in [0.2, 0.25) is 10.0 Å². The number of nitrogens with one attached hydrogen (secondary N) is 3. The van der Waals surface area contributed by atoms with Gasteiger partial charge >= 0.3 is 0 Å². The first-order valence-corrected chi connectivity index (χ1v) is 9.10. The van der Waals surface area contributed by atoms with Crippen molar-refractivity contribution in [2.45, 2.75) is 6.54 Å². The highest BCUT2D eigenvalue weighted by Gasteiger charge is 2.14. The fourth-order valence-corrected chi connectivity index (χ4v) is 2.90. The van der Waals surface area contributed by atoms with Crippen molar-refractivity contribution < 1.29 is 13.2 Å². The van der Waals surface area contributed by atoms with E-state index in [0.717, 1.165) is 17.3 Å². The molecule has 124 valence electrons. The summed E-state index contributed by atoms with van der Waals surface area (Å²) in [7, 11) is -3.47. The highest BCUT2D eigenvalue weighted by molar-refractivity contribution is 7.92. The Kier molecular flexibility index (Phi) is 4.22. The third-order valence-electron chi connectivity index (χ3n) is 3.32. The zero-order valence-electron chi connectivity index (χ0n) is 12.9. The molecular weight excluding hydrogens is 328 g/mol. The molecule has 2 aromatic carbocycles. The Morgan fingerprint density at radius 1 is 1.12 bits per heavy atom. The standard InChI is InChI=1S/C16H16N4O3S/c1-24(22,23)20-12-7-3-2-6-11(12)16(21)17-10-15-18-13-8-4-5-9-14(13)19-15/h2-9,20H,10H2,1H3,(H,17,21)(H,18,19). The molecule has 3 rings (SSSR count). The van der Waals surface area contributed by atoms with E-state index in [-0.39, 0.29) is 23.7 Å². The molecule has 0 saturated heterocycles. The molecule has 0 atom stereocenters. The van der Waals surface area contributed by atoms with Crippen LogP contribution in [-0.2, 0) is 16.6 Å². The van der Waals surface area contributed by atoms with Crippen LogP contribution in [-0.4, -0.2) is 30.5 Å². The number of nitrogens with zero attached hydrogens (tertiary/aromatic N) is 1. The Labute approximate surface area is 139 Å². The summed E-state index contributed by atoms with van der Waals surface area (Å²) in [6, 6.07) is 14.0. The molecule has 0 fully saturated rings. The quantitative estimate of drug-likeness (QED) is 0.657. The number of anilines is 1. The SMILES string of the molecule is CS(=O)(=O)Nc1ccccc1C(=O)NCc1nc2ccccc2[nH]1. The van der Waals surface area contributed by atoms with Crippen LogP contribution in [0.4, 0.5) is 5.69 Å². The first-order valence-electron chi connectivity index (χ1n) is 7.21. The first kappa shape index (κ1) is 16.0. The second-order valence-electron chi connectivity index (χ2n) is 5.30. The van der Waals surface area contributed by atoms with Crippen LogP contribution in [0.1, 0.15) is 16.2 Å². The van der Waals surface area contributed by atoms with Crippen LogP contribution in [0, 0.1) is 0 Å². The van der Waals surface area contributed by atoms with E-state index in [1.807, 2.05) is 24.3 Å². The topological polar surface area (TPSA) is 104 Å². The third kappa shape index (κ3) is 3.72. The van der Waals surface area contributed by atoms with Gasteiger partial charge in [-0.25, -0.2) is 13.4 Å². The van der Waals surface area contributed by atoms with E-state index >= 15 is 0 Å². The number of rotatable bonds is 5. The van der Waals surface area contributed by atoms with Crippen molar-refractivity contribution in [2.75, 3.05) is 11.0 Å². The van der Waals surface area contributed by atoms with Crippen LogP contribution < -0.4 is 10.0 Å². The predicted octanol–water partition coefficient (Wildman–Crippen LogP) is 1.86. The molecular formula is C16H16N4O3S. The van der Waals surface area contributed by atoms with Gasteiger partial charge in [-0.15, -0.1) is 0 Å². The summed E-state index contributed by atoms with van der Waals surface area (Å²) in [6.45, 7) is 0.209. The molecule has 1 amide bonds. The van der Waals surface area contributed by atoms with Crippen LogP contribution in [0.3, 0.4) is 0 Å². The molecule has 0 aliphatic carbocycles. The summed E-state index contributed by atoms with van der Waals surface area (Å²) >= 11 is 0. The maximum absolute atomic E-state index is 12.4. The van der Waals surface area contributed by atoms with Crippen LogP contribution in [0.2, 0.25) is 0 Å². The number of benzene rings is 2. The molecule has 0 aliphatic rings. The summed E-state index contributed by atoms with van der Waals surface area (Å²) in [5, 5.41) is 2.73. The number of aromatic nitrogens is 2. The van der Waals surface area contributed by atoms with Gasteiger partial charge in [0.25, 0.3) is 5.91 Å². The number of hydrogen-bond donors (Lipinski definition) is 3. The zero-order valence-corrected chi connectivity index (χ0v) is 13.7. The number of H-pyrrole nitrogens is 1. The Hall–Kier alpha value is -2.87. The lowest BCUT2D eigenvalue weighted by Crippen LogP contribution is -2.25. The fraction of sp³-hybridized carbons (Fsp3) is 0.125. The molecule has 3 aromatic rings. The van der Waals surface area contributed by atoms with Crippen LogP contribution >= 0.6 is 0 Å². The summed E-state index contributed by atoms with van der Waals surface area (Å²) < 4.78 is 25.1. The molecule has 0 spiro atoms. The highest BCUT2D eigenvalue weighted by atomic mass is 32.2. The number of amides is 1. The van der Waals surface area contributed by atoms with Crippen molar-refractivity contribution in [1.82, 2.24) is 15.3 Å². The molecule has 7 nitrogen and oxygen atoms in total. The lowest BCUT2D eigenvalue weighted by atomic mass is 10.1. The zero-order chi connectivity index (χ0) is 17.2. The van der Waals surface area contributed by atoms with Crippen LogP contribution in [0.25, 0.3) is 11.0 Å². The number of aromatic amines is 1. The molecule has 0 unspecified atom stereocenters. The predicted molar refractivity (Wildman–Crippen MR) is 92.2 cm³/mol. The van der Waals surface area contributed by atoms with E-state index in [2.05, 4.69) is 20.0 Å².